The number of halogens is 9. The van der Waals surface area contributed by atoms with Crippen LogP contribution >= 0.6 is 12.2 Å². The van der Waals surface area contributed by atoms with Gasteiger partial charge in [0.1, 0.15) is 23.1 Å². The van der Waals surface area contributed by atoms with Crippen molar-refractivity contribution in [3.05, 3.63) is 58.9 Å². The number of hydrogen-bond donors (Lipinski definition) is 2. The van der Waals surface area contributed by atoms with Crippen molar-refractivity contribution in [1.82, 2.24) is 15.8 Å². The van der Waals surface area contributed by atoms with E-state index < -0.39 is 65.5 Å². The summed E-state index contributed by atoms with van der Waals surface area (Å²) in [6.07, 6.45) is -15.4. The molecular formula is C22H17F9N4O2S. The van der Waals surface area contributed by atoms with E-state index in [1.165, 1.54) is 23.2 Å². The minimum Gasteiger partial charge on any atom is -0.369 e. The van der Waals surface area contributed by atoms with Crippen molar-refractivity contribution in [3.63, 3.8) is 0 Å². The van der Waals surface area contributed by atoms with Crippen LogP contribution in [-0.2, 0) is 27.4 Å². The summed E-state index contributed by atoms with van der Waals surface area (Å²) in [5.41, 5.74) is -5.32. The van der Waals surface area contributed by atoms with Crippen LogP contribution in [0.15, 0.2) is 36.5 Å². The van der Waals surface area contributed by atoms with Crippen LogP contribution in [0.1, 0.15) is 28.8 Å². The van der Waals surface area contributed by atoms with Gasteiger partial charge in [-0.1, -0.05) is 12.2 Å². The minimum absolute atomic E-state index is 0.00402. The van der Waals surface area contributed by atoms with Crippen molar-refractivity contribution < 1.29 is 49.1 Å². The van der Waals surface area contributed by atoms with Crippen LogP contribution in [0.25, 0.3) is 0 Å². The van der Waals surface area contributed by atoms with Gasteiger partial charge in [0.15, 0.2) is 0 Å². The van der Waals surface area contributed by atoms with E-state index in [0.29, 0.717) is 0 Å². The second-order valence-corrected chi connectivity index (χ2v) is 9.16. The van der Waals surface area contributed by atoms with E-state index in [1.54, 1.807) is 0 Å². The molecule has 0 bridgehead atoms. The second-order valence-electron chi connectivity index (χ2n) is 8.75. The fraction of sp³-hybridized carbons (Fsp3) is 0.409. The third kappa shape index (κ3) is 5.36. The number of aromatic nitrogens is 1. The van der Waals surface area contributed by atoms with Crippen LogP contribution in [0.2, 0.25) is 0 Å². The molecule has 2 fully saturated rings. The molecule has 2 atom stereocenters. The van der Waals surface area contributed by atoms with E-state index in [4.69, 9.17) is 17.1 Å². The molecule has 2 aliphatic heterocycles. The van der Waals surface area contributed by atoms with E-state index in [2.05, 4.69) is 15.8 Å². The summed E-state index contributed by atoms with van der Waals surface area (Å²) >= 11 is 5.17. The zero-order chi connectivity index (χ0) is 28.1. The van der Waals surface area contributed by atoms with Crippen LogP contribution in [0.3, 0.4) is 0 Å². The van der Waals surface area contributed by atoms with Gasteiger partial charge in [0, 0.05) is 13.1 Å². The van der Waals surface area contributed by atoms with E-state index in [0.717, 1.165) is 0 Å². The van der Waals surface area contributed by atoms with Crippen LogP contribution < -0.4 is 15.7 Å². The summed E-state index contributed by atoms with van der Waals surface area (Å²) in [6, 6.07) is 1.99. The Kier molecular flexibility index (Phi) is 7.01. The van der Waals surface area contributed by atoms with Gasteiger partial charge in [0.2, 0.25) is 0 Å². The molecule has 2 aromatic rings. The number of carbonyl (C=O) groups is 1. The number of hydroxylamine groups is 1. The number of anilines is 1. The van der Waals surface area contributed by atoms with E-state index in [-0.39, 0.29) is 47.7 Å². The summed E-state index contributed by atoms with van der Waals surface area (Å²) in [5, 5.41) is 2.71. The molecule has 206 valence electrons. The molecule has 16 heteroatoms. The maximum absolute atomic E-state index is 14.4. The number of nitrogens with zero attached hydrogens (tertiary/aromatic N) is 2. The highest BCUT2D eigenvalue weighted by atomic mass is 32.1. The van der Waals surface area contributed by atoms with Gasteiger partial charge in [-0.3, -0.25) is 14.6 Å². The van der Waals surface area contributed by atoms with Crippen molar-refractivity contribution >= 4 is 28.8 Å². The molecule has 38 heavy (non-hydrogen) atoms. The Labute approximate surface area is 214 Å². The highest BCUT2D eigenvalue weighted by Crippen LogP contribution is 2.50. The average Bonchev–Trinajstić information content (AvgIpc) is 3.45. The third-order valence-electron chi connectivity index (χ3n) is 6.34. The lowest BCUT2D eigenvalue weighted by Crippen LogP contribution is -2.45. The average molecular weight is 572 g/mol. The summed E-state index contributed by atoms with van der Waals surface area (Å²) in [5.74, 6) is -0.465. The van der Waals surface area contributed by atoms with Gasteiger partial charge >= 0.3 is 18.5 Å². The van der Waals surface area contributed by atoms with Gasteiger partial charge in [-0.25, -0.2) is 5.48 Å². The Morgan fingerprint density at radius 3 is 2.16 bits per heavy atom. The zero-order valence-corrected chi connectivity index (χ0v) is 19.7. The van der Waals surface area contributed by atoms with Gasteiger partial charge < -0.3 is 10.2 Å². The molecule has 0 saturated carbocycles. The standard InChI is InChI=1S/C22H17F9N4O2S/c23-20(24,25)12-5-11(6-13(7-12)21(26,27)28)19(22(29,30)31)3-4-35(10-19)14-1-2-15(32-8-14)18(38)33-16-9-37-34-17(16)36/h1-2,5-8,16H,3-4,9-10H2,(H,33,38)(H,34,36). The first-order chi connectivity index (χ1) is 17.5. The lowest BCUT2D eigenvalue weighted by molar-refractivity contribution is -0.185. The number of benzene rings is 1. The molecule has 0 radical (unpaired) electrons. The number of hydrogen-bond acceptors (Lipinski definition) is 5. The molecular weight excluding hydrogens is 555 g/mol. The Morgan fingerprint density at radius 1 is 1.05 bits per heavy atom. The maximum Gasteiger partial charge on any atom is 0.416 e. The predicted molar refractivity (Wildman–Crippen MR) is 118 cm³/mol. The van der Waals surface area contributed by atoms with Crippen molar-refractivity contribution in [2.24, 2.45) is 0 Å². The van der Waals surface area contributed by atoms with E-state index in [1.807, 2.05) is 0 Å². The Morgan fingerprint density at radius 2 is 1.68 bits per heavy atom. The molecule has 0 aliphatic carbocycles. The number of carbonyl (C=O) groups excluding carboxylic acids is 1. The quantitative estimate of drug-likeness (QED) is 0.415. The SMILES string of the molecule is O=C1NOCC1NC(=S)c1ccc(N2CCC(c3cc(C(F)(F)F)cc(C(F)(F)F)c3)(C(F)(F)F)C2)cn1. The number of alkyl halides is 9. The second kappa shape index (κ2) is 9.55. The number of rotatable bonds is 4. The molecule has 2 unspecified atom stereocenters. The molecule has 4 rings (SSSR count). The van der Waals surface area contributed by atoms with Crippen LogP contribution in [0.4, 0.5) is 45.2 Å². The van der Waals surface area contributed by atoms with Crippen LogP contribution in [0, 0.1) is 0 Å². The minimum atomic E-state index is -5.29. The fourth-order valence-corrected chi connectivity index (χ4v) is 4.54. The summed E-state index contributed by atoms with van der Waals surface area (Å²) in [7, 11) is 0. The van der Waals surface area contributed by atoms with Gasteiger partial charge in [0.25, 0.3) is 5.91 Å². The topological polar surface area (TPSA) is 66.5 Å². The summed E-state index contributed by atoms with van der Waals surface area (Å²) in [6.45, 7) is -1.26. The predicted octanol–water partition coefficient (Wildman–Crippen LogP) is 4.52. The summed E-state index contributed by atoms with van der Waals surface area (Å²) < 4.78 is 123. The molecule has 2 saturated heterocycles. The van der Waals surface area contributed by atoms with E-state index in [9.17, 15) is 44.3 Å². The van der Waals surface area contributed by atoms with Crippen LogP contribution in [0.5, 0.6) is 0 Å². The molecule has 2 aliphatic rings. The highest BCUT2D eigenvalue weighted by Gasteiger charge is 2.60. The summed E-state index contributed by atoms with van der Waals surface area (Å²) in [4.78, 5) is 21.6. The molecule has 0 spiro atoms. The van der Waals surface area contributed by atoms with E-state index >= 15 is 0 Å². The van der Waals surface area contributed by atoms with Crippen molar-refractivity contribution in [1.29, 1.82) is 0 Å². The Hall–Kier alpha value is -3.14. The molecule has 1 amide bonds. The smallest absolute Gasteiger partial charge is 0.369 e. The lowest BCUT2D eigenvalue weighted by Gasteiger charge is -2.33. The Bertz CT molecular complexity index is 1200. The van der Waals surface area contributed by atoms with Crippen molar-refractivity contribution in [3.8, 4) is 0 Å². The van der Waals surface area contributed by atoms with Gasteiger partial charge in [-0.15, -0.1) is 0 Å². The van der Waals surface area contributed by atoms with Crippen LogP contribution in [-0.4, -0.2) is 47.8 Å². The number of amides is 1. The maximum atomic E-state index is 14.4. The first-order valence-electron chi connectivity index (χ1n) is 10.8. The van der Waals surface area contributed by atoms with Gasteiger partial charge in [-0.2, -0.15) is 39.5 Å². The largest absolute Gasteiger partial charge is 0.416 e. The molecule has 3 heterocycles. The lowest BCUT2D eigenvalue weighted by atomic mass is 9.77. The molecule has 1 aromatic carbocycles. The number of thiocarbonyl (C=S) groups is 1. The first-order valence-corrected chi connectivity index (χ1v) is 11.2. The normalized spacial score (nSPS) is 22.5. The molecule has 1 aromatic heterocycles. The third-order valence-corrected chi connectivity index (χ3v) is 6.67. The highest BCUT2D eigenvalue weighted by molar-refractivity contribution is 7.80. The van der Waals surface area contributed by atoms with Gasteiger partial charge in [-0.05, 0) is 42.3 Å². The number of nitrogens with one attached hydrogen (secondary N) is 2. The van der Waals surface area contributed by atoms with Crippen molar-refractivity contribution in [2.45, 2.75) is 36.4 Å². The van der Waals surface area contributed by atoms with Crippen molar-refractivity contribution in [2.75, 3.05) is 24.6 Å². The Balaban J connectivity index is 1.63. The zero-order valence-electron chi connectivity index (χ0n) is 18.9. The van der Waals surface area contributed by atoms with Gasteiger partial charge in [0.05, 0.1) is 28.7 Å². The monoisotopic (exact) mass is 572 g/mol. The molecule has 6 nitrogen and oxygen atoms in total. The number of pyridine rings is 1. The molecule has 2 N–H and O–H groups in total. The fourth-order valence-electron chi connectivity index (χ4n) is 4.28. The first kappa shape index (κ1) is 27.9.